The van der Waals surface area contributed by atoms with Crippen LogP contribution in [0.15, 0.2) is 41.3 Å². The quantitative estimate of drug-likeness (QED) is 0.528. The van der Waals surface area contributed by atoms with Gasteiger partial charge in [0.1, 0.15) is 5.75 Å². The Bertz CT molecular complexity index is 1210. The first-order valence-corrected chi connectivity index (χ1v) is 11.7. The molecule has 3 aromatic rings. The summed E-state index contributed by atoms with van der Waals surface area (Å²) in [5.74, 6) is 1.13. The lowest BCUT2D eigenvalue weighted by Crippen LogP contribution is -2.31. The Balaban J connectivity index is 1.38. The molecule has 34 heavy (non-hydrogen) atoms. The fraction of sp³-hybridized carbons (Fsp3) is 0.480. The average Bonchev–Trinajstić information content (AvgIpc) is 3.07. The number of rotatable bonds is 8. The Morgan fingerprint density at radius 2 is 2.00 bits per heavy atom. The number of amides is 1. The number of aromatic hydroxyl groups is 1. The molecule has 9 nitrogen and oxygen atoms in total. The zero-order valence-electron chi connectivity index (χ0n) is 20.0. The van der Waals surface area contributed by atoms with Crippen LogP contribution in [0, 0.1) is 11.8 Å². The van der Waals surface area contributed by atoms with Gasteiger partial charge in [0.15, 0.2) is 5.82 Å². The third kappa shape index (κ3) is 4.94. The van der Waals surface area contributed by atoms with Crippen molar-refractivity contribution < 1.29 is 14.6 Å². The third-order valence-corrected chi connectivity index (χ3v) is 6.82. The normalized spacial score (nSPS) is 18.2. The first-order chi connectivity index (χ1) is 16.4. The van der Waals surface area contributed by atoms with Gasteiger partial charge in [-0.15, -0.1) is 0 Å². The monoisotopic (exact) mass is 467 g/mol. The van der Waals surface area contributed by atoms with E-state index in [1.54, 1.807) is 47.7 Å². The Kier molecular flexibility index (Phi) is 7.21. The predicted octanol–water partition coefficient (Wildman–Crippen LogP) is 2.97. The summed E-state index contributed by atoms with van der Waals surface area (Å²) in [5.41, 5.74) is 2.17. The number of likely N-dealkylation sites (N-methyl/N-ethyl adjacent to an activating group) is 1. The number of anilines is 2. The molecule has 9 heteroatoms. The Hall–Kier alpha value is -3.33. The number of carbonyl (C=O) groups excluding carboxylic acids is 1. The number of carbonyl (C=O) groups is 1. The minimum atomic E-state index is -0.0813. The van der Waals surface area contributed by atoms with Crippen molar-refractivity contribution in [2.75, 3.05) is 37.5 Å². The second kappa shape index (κ2) is 10.3. The van der Waals surface area contributed by atoms with Crippen molar-refractivity contribution >= 4 is 28.4 Å². The van der Waals surface area contributed by atoms with Crippen LogP contribution in [0.3, 0.4) is 0 Å². The summed E-state index contributed by atoms with van der Waals surface area (Å²) in [6.07, 6.45) is 5.00. The number of nitrogens with zero attached hydrogens (tertiary/aromatic N) is 4. The average molecular weight is 468 g/mol. The molecular formula is C25H33N5O4. The maximum Gasteiger partial charge on any atom is 0.328 e. The van der Waals surface area contributed by atoms with Crippen molar-refractivity contribution in [1.29, 1.82) is 0 Å². The van der Waals surface area contributed by atoms with Crippen LogP contribution in [0.25, 0.3) is 11.0 Å². The van der Waals surface area contributed by atoms with Gasteiger partial charge in [0.2, 0.25) is 5.91 Å². The first kappa shape index (κ1) is 23.8. The van der Waals surface area contributed by atoms with Crippen molar-refractivity contribution in [2.24, 2.45) is 18.9 Å². The van der Waals surface area contributed by atoms with E-state index in [4.69, 9.17) is 4.74 Å². The first-order valence-electron chi connectivity index (χ1n) is 11.7. The number of phenolic OH excluding ortho intramolecular Hbond substituents is 1. The molecule has 0 saturated heterocycles. The number of aromatic nitrogens is 3. The fourth-order valence-corrected chi connectivity index (χ4v) is 4.81. The molecule has 1 fully saturated rings. The van der Waals surface area contributed by atoms with Gasteiger partial charge in [0, 0.05) is 52.5 Å². The minimum absolute atomic E-state index is 0.0140. The highest BCUT2D eigenvalue weighted by atomic mass is 16.5. The predicted molar refractivity (Wildman–Crippen MR) is 132 cm³/mol. The summed E-state index contributed by atoms with van der Waals surface area (Å²) in [6.45, 7) is 1.84. The highest BCUT2D eigenvalue weighted by Gasteiger charge is 2.28. The van der Waals surface area contributed by atoms with Crippen LogP contribution in [0.2, 0.25) is 0 Å². The van der Waals surface area contributed by atoms with Crippen LogP contribution in [0.1, 0.15) is 25.7 Å². The summed E-state index contributed by atoms with van der Waals surface area (Å²) >= 11 is 0. The van der Waals surface area contributed by atoms with Gasteiger partial charge in [-0.3, -0.25) is 13.9 Å². The van der Waals surface area contributed by atoms with Crippen molar-refractivity contribution in [3.05, 3.63) is 47.0 Å². The summed E-state index contributed by atoms with van der Waals surface area (Å²) in [4.78, 5) is 32.2. The van der Waals surface area contributed by atoms with Gasteiger partial charge >= 0.3 is 5.69 Å². The molecule has 2 heterocycles. The second-order valence-electron chi connectivity index (χ2n) is 9.12. The van der Waals surface area contributed by atoms with Crippen LogP contribution >= 0.6 is 0 Å². The van der Waals surface area contributed by atoms with Gasteiger partial charge in [0.25, 0.3) is 0 Å². The molecule has 0 unspecified atom stereocenters. The molecule has 0 spiro atoms. The number of aryl methyl sites for hydroxylation is 1. The maximum atomic E-state index is 13.0. The van der Waals surface area contributed by atoms with Gasteiger partial charge in [-0.1, -0.05) is 0 Å². The van der Waals surface area contributed by atoms with E-state index in [-0.39, 0.29) is 23.3 Å². The zero-order chi connectivity index (χ0) is 24.2. The van der Waals surface area contributed by atoms with Crippen LogP contribution in [-0.2, 0) is 23.1 Å². The summed E-state index contributed by atoms with van der Waals surface area (Å²) in [7, 11) is 5.34. The number of imidazole rings is 1. The number of phenols is 1. The van der Waals surface area contributed by atoms with E-state index in [1.807, 2.05) is 24.1 Å². The van der Waals surface area contributed by atoms with E-state index < -0.39 is 0 Å². The van der Waals surface area contributed by atoms with E-state index in [1.165, 1.54) is 0 Å². The minimum Gasteiger partial charge on any atom is -0.508 e. The molecule has 1 amide bonds. The summed E-state index contributed by atoms with van der Waals surface area (Å²) in [5, 5.41) is 13.0. The Labute approximate surface area is 199 Å². The molecule has 1 aliphatic carbocycles. The second-order valence-corrected chi connectivity index (χ2v) is 9.12. The Morgan fingerprint density at radius 3 is 2.74 bits per heavy atom. The number of methoxy groups -OCH3 is 1. The van der Waals surface area contributed by atoms with Crippen LogP contribution in [0.5, 0.6) is 5.75 Å². The molecule has 2 N–H and O–H groups in total. The molecule has 0 radical (unpaired) electrons. The highest BCUT2D eigenvalue weighted by molar-refractivity contribution is 5.95. The molecule has 2 aromatic heterocycles. The summed E-state index contributed by atoms with van der Waals surface area (Å²) < 4.78 is 8.51. The van der Waals surface area contributed by atoms with Crippen molar-refractivity contribution in [2.45, 2.75) is 32.2 Å². The van der Waals surface area contributed by atoms with Crippen molar-refractivity contribution in [3.63, 3.8) is 0 Å². The van der Waals surface area contributed by atoms with Crippen LogP contribution in [0.4, 0.5) is 11.5 Å². The molecule has 182 valence electrons. The van der Waals surface area contributed by atoms with Crippen LogP contribution < -0.4 is 15.9 Å². The van der Waals surface area contributed by atoms with Gasteiger partial charge in [-0.05, 0) is 55.9 Å². The molecular weight excluding hydrogens is 434 g/mol. The molecule has 0 bridgehead atoms. The van der Waals surface area contributed by atoms with Gasteiger partial charge in [-0.25, -0.2) is 9.78 Å². The highest BCUT2D eigenvalue weighted by Crippen LogP contribution is 2.32. The fourth-order valence-electron chi connectivity index (χ4n) is 4.81. The topological polar surface area (TPSA) is 102 Å². The number of nitrogens with one attached hydrogen (secondary N) is 1. The third-order valence-electron chi connectivity index (χ3n) is 6.82. The Morgan fingerprint density at radius 1 is 1.24 bits per heavy atom. The maximum absolute atomic E-state index is 13.0. The lowest BCUT2D eigenvalue weighted by molar-refractivity contribution is -0.121. The molecule has 1 saturated carbocycles. The standard InChI is InChI=1S/C25H33N5O4/c1-28(13-14-34-3)23-20(5-4-12-26-23)27-24(32)18-8-6-17(7-9-18)16-30-22-15-19(31)10-11-21(22)29(2)25(30)33/h4-5,10-12,15,17-18,31H,6-9,13-14,16H2,1-3H3,(H,27,32). The number of hydrogen-bond donors (Lipinski definition) is 2. The van der Waals surface area contributed by atoms with E-state index in [0.717, 1.165) is 42.5 Å². The SMILES string of the molecule is COCCN(C)c1ncccc1NC(=O)C1CCC(Cn2c(=O)n(C)c3ccc(O)cc32)CC1. The van der Waals surface area contributed by atoms with E-state index in [2.05, 4.69) is 10.3 Å². The number of hydrogen-bond acceptors (Lipinski definition) is 6. The molecule has 4 rings (SSSR count). The lowest BCUT2D eigenvalue weighted by Gasteiger charge is -2.28. The number of fused-ring (bicyclic) bond motifs is 1. The smallest absolute Gasteiger partial charge is 0.328 e. The molecule has 1 aromatic carbocycles. The zero-order valence-corrected chi connectivity index (χ0v) is 20.0. The number of benzene rings is 1. The van der Waals surface area contributed by atoms with Gasteiger partial charge in [-0.2, -0.15) is 0 Å². The van der Waals surface area contributed by atoms with Gasteiger partial charge < -0.3 is 20.1 Å². The van der Waals surface area contributed by atoms with E-state index in [9.17, 15) is 14.7 Å². The summed E-state index contributed by atoms with van der Waals surface area (Å²) in [6, 6.07) is 8.70. The van der Waals surface area contributed by atoms with E-state index >= 15 is 0 Å². The van der Waals surface area contributed by atoms with Crippen LogP contribution in [-0.4, -0.2) is 52.4 Å². The largest absolute Gasteiger partial charge is 0.508 e. The molecule has 0 aliphatic heterocycles. The number of ether oxygens (including phenoxy) is 1. The molecule has 0 atom stereocenters. The number of pyridine rings is 1. The van der Waals surface area contributed by atoms with Crippen molar-refractivity contribution in [3.8, 4) is 5.75 Å². The molecule has 1 aliphatic rings. The van der Waals surface area contributed by atoms with Crippen molar-refractivity contribution in [1.82, 2.24) is 14.1 Å². The lowest BCUT2D eigenvalue weighted by atomic mass is 9.81. The van der Waals surface area contributed by atoms with E-state index in [0.29, 0.717) is 31.3 Å². The van der Waals surface area contributed by atoms with Gasteiger partial charge in [0.05, 0.1) is 23.3 Å².